The molecule has 88 valence electrons. The third kappa shape index (κ3) is 2.86. The number of nitrogens with zero attached hydrogens (tertiary/aromatic N) is 1. The van der Waals surface area contributed by atoms with Crippen molar-refractivity contribution >= 4 is 27.3 Å². The van der Waals surface area contributed by atoms with Gasteiger partial charge in [-0.3, -0.25) is 0 Å². The monoisotopic (exact) mass is 260 g/mol. The highest BCUT2D eigenvalue weighted by Crippen LogP contribution is 2.21. The van der Waals surface area contributed by atoms with Crippen molar-refractivity contribution < 1.29 is 8.42 Å². The Labute approximate surface area is 99.9 Å². The van der Waals surface area contributed by atoms with Gasteiger partial charge in [0.25, 0.3) is 0 Å². The molecule has 0 aromatic carbocycles. The number of sulfone groups is 1. The van der Waals surface area contributed by atoms with Crippen molar-refractivity contribution in [2.24, 2.45) is 0 Å². The lowest BCUT2D eigenvalue weighted by Crippen LogP contribution is -2.35. The number of halogens is 1. The van der Waals surface area contributed by atoms with E-state index in [1.54, 1.807) is 18.3 Å². The Hall–Kier alpha value is -0.810. The molecule has 6 heteroatoms. The van der Waals surface area contributed by atoms with E-state index < -0.39 is 9.84 Å². The standard InChI is InChI=1S/C10H13ClN2O2S/c11-9-4-1-5-12-10(9)13-8-3-2-6-16(14,15)7-8/h1,4-5,8H,2-3,6-7H2,(H,12,13). The molecular formula is C10H13ClN2O2S. The minimum absolute atomic E-state index is 0.0776. The second-order valence-electron chi connectivity index (χ2n) is 3.93. The summed E-state index contributed by atoms with van der Waals surface area (Å²) in [7, 11) is -2.90. The molecular weight excluding hydrogens is 248 g/mol. The SMILES string of the molecule is O=S1(=O)CCCC(Nc2ncccc2Cl)C1. The summed E-state index contributed by atoms with van der Waals surface area (Å²) in [5, 5.41) is 3.60. The zero-order valence-electron chi connectivity index (χ0n) is 8.69. The Morgan fingerprint density at radius 3 is 3.00 bits per heavy atom. The van der Waals surface area contributed by atoms with Crippen LogP contribution in [0.1, 0.15) is 12.8 Å². The summed E-state index contributed by atoms with van der Waals surface area (Å²) in [5.74, 6) is 1.02. The Morgan fingerprint density at radius 1 is 1.50 bits per heavy atom. The lowest BCUT2D eigenvalue weighted by Gasteiger charge is -2.23. The summed E-state index contributed by atoms with van der Waals surface area (Å²) in [5.41, 5.74) is 0. The van der Waals surface area contributed by atoms with Crippen molar-refractivity contribution in [3.05, 3.63) is 23.4 Å². The number of anilines is 1. The van der Waals surface area contributed by atoms with Crippen LogP contribution < -0.4 is 5.32 Å². The average Bonchev–Trinajstić information content (AvgIpc) is 2.20. The van der Waals surface area contributed by atoms with E-state index >= 15 is 0 Å². The number of pyridine rings is 1. The molecule has 0 spiro atoms. The van der Waals surface area contributed by atoms with Gasteiger partial charge in [-0.05, 0) is 25.0 Å². The zero-order valence-corrected chi connectivity index (χ0v) is 10.3. The second-order valence-corrected chi connectivity index (χ2v) is 6.57. The van der Waals surface area contributed by atoms with Gasteiger partial charge in [0.2, 0.25) is 0 Å². The summed E-state index contributed by atoms with van der Waals surface area (Å²) in [6.45, 7) is 0. The summed E-state index contributed by atoms with van der Waals surface area (Å²) in [6.07, 6.45) is 3.17. The van der Waals surface area contributed by atoms with E-state index in [-0.39, 0.29) is 11.8 Å². The quantitative estimate of drug-likeness (QED) is 0.880. The van der Waals surface area contributed by atoms with Gasteiger partial charge in [0.15, 0.2) is 9.84 Å². The highest BCUT2D eigenvalue weighted by Gasteiger charge is 2.25. The summed E-state index contributed by atoms with van der Waals surface area (Å²) < 4.78 is 22.9. The molecule has 1 saturated heterocycles. The molecule has 0 bridgehead atoms. The summed E-state index contributed by atoms with van der Waals surface area (Å²) >= 11 is 5.94. The van der Waals surface area contributed by atoms with E-state index in [1.165, 1.54) is 0 Å². The minimum atomic E-state index is -2.90. The predicted molar refractivity (Wildman–Crippen MR) is 64.5 cm³/mol. The molecule has 1 aromatic rings. The number of nitrogens with one attached hydrogen (secondary N) is 1. The molecule has 2 heterocycles. The first-order valence-corrected chi connectivity index (χ1v) is 7.34. The van der Waals surface area contributed by atoms with Crippen molar-refractivity contribution in [1.82, 2.24) is 4.98 Å². The lowest BCUT2D eigenvalue weighted by molar-refractivity contribution is 0.561. The van der Waals surface area contributed by atoms with Crippen LogP contribution in [0.25, 0.3) is 0 Å². The smallest absolute Gasteiger partial charge is 0.152 e. The van der Waals surface area contributed by atoms with Gasteiger partial charge in [0, 0.05) is 12.2 Å². The highest BCUT2D eigenvalue weighted by molar-refractivity contribution is 7.91. The molecule has 1 N–H and O–H groups in total. The van der Waals surface area contributed by atoms with Gasteiger partial charge in [0.1, 0.15) is 5.82 Å². The Bertz CT molecular complexity index is 475. The minimum Gasteiger partial charge on any atom is -0.365 e. The lowest BCUT2D eigenvalue weighted by atomic mass is 10.2. The van der Waals surface area contributed by atoms with Gasteiger partial charge in [-0.2, -0.15) is 0 Å². The molecule has 1 fully saturated rings. The topological polar surface area (TPSA) is 59.1 Å². The molecule has 1 aliphatic rings. The Kier molecular flexibility index (Phi) is 3.35. The van der Waals surface area contributed by atoms with Gasteiger partial charge in [-0.25, -0.2) is 13.4 Å². The fourth-order valence-electron chi connectivity index (χ4n) is 1.82. The molecule has 1 atom stereocenters. The first kappa shape index (κ1) is 11.7. The van der Waals surface area contributed by atoms with Crippen LogP contribution in [0, 0.1) is 0 Å². The second kappa shape index (κ2) is 4.59. The Morgan fingerprint density at radius 2 is 2.31 bits per heavy atom. The van der Waals surface area contributed by atoms with Crippen molar-refractivity contribution in [1.29, 1.82) is 0 Å². The van der Waals surface area contributed by atoms with Crippen LogP contribution in [0.2, 0.25) is 5.02 Å². The van der Waals surface area contributed by atoms with E-state index in [9.17, 15) is 8.42 Å². The van der Waals surface area contributed by atoms with E-state index in [2.05, 4.69) is 10.3 Å². The van der Waals surface area contributed by atoms with Crippen LogP contribution >= 0.6 is 11.6 Å². The third-order valence-electron chi connectivity index (χ3n) is 2.56. The van der Waals surface area contributed by atoms with Crippen LogP contribution in [-0.2, 0) is 9.84 Å². The van der Waals surface area contributed by atoms with Crippen LogP contribution in [0.3, 0.4) is 0 Å². The normalized spacial score (nSPS) is 23.9. The number of hydrogen-bond acceptors (Lipinski definition) is 4. The van der Waals surface area contributed by atoms with Gasteiger partial charge < -0.3 is 5.32 Å². The number of aromatic nitrogens is 1. The number of rotatable bonds is 2. The van der Waals surface area contributed by atoms with Crippen LogP contribution in [-0.4, -0.2) is 30.9 Å². The molecule has 0 aliphatic carbocycles. The highest BCUT2D eigenvalue weighted by atomic mass is 35.5. The average molecular weight is 261 g/mol. The fourth-order valence-corrected chi connectivity index (χ4v) is 3.63. The largest absolute Gasteiger partial charge is 0.365 e. The molecule has 0 radical (unpaired) electrons. The molecule has 0 amide bonds. The maximum Gasteiger partial charge on any atom is 0.152 e. The maximum atomic E-state index is 11.4. The van der Waals surface area contributed by atoms with Gasteiger partial charge in [-0.15, -0.1) is 0 Å². The van der Waals surface area contributed by atoms with Gasteiger partial charge >= 0.3 is 0 Å². The maximum absolute atomic E-state index is 11.4. The van der Waals surface area contributed by atoms with Crippen molar-refractivity contribution in [3.63, 3.8) is 0 Å². The molecule has 1 unspecified atom stereocenters. The molecule has 0 saturated carbocycles. The molecule has 16 heavy (non-hydrogen) atoms. The molecule has 1 aromatic heterocycles. The van der Waals surface area contributed by atoms with Crippen LogP contribution in [0.4, 0.5) is 5.82 Å². The van der Waals surface area contributed by atoms with Crippen molar-refractivity contribution in [2.45, 2.75) is 18.9 Å². The number of hydrogen-bond donors (Lipinski definition) is 1. The van der Waals surface area contributed by atoms with E-state index in [4.69, 9.17) is 11.6 Å². The predicted octanol–water partition coefficient (Wildman–Crippen LogP) is 1.72. The van der Waals surface area contributed by atoms with Gasteiger partial charge in [-0.1, -0.05) is 11.6 Å². The zero-order chi connectivity index (χ0) is 11.6. The van der Waals surface area contributed by atoms with Crippen LogP contribution in [0.15, 0.2) is 18.3 Å². The van der Waals surface area contributed by atoms with Crippen molar-refractivity contribution in [2.75, 3.05) is 16.8 Å². The molecule has 4 nitrogen and oxygen atoms in total. The first-order valence-electron chi connectivity index (χ1n) is 5.14. The van der Waals surface area contributed by atoms with E-state index in [0.29, 0.717) is 23.0 Å². The fraction of sp³-hybridized carbons (Fsp3) is 0.500. The summed E-state index contributed by atoms with van der Waals surface area (Å²) in [4.78, 5) is 4.08. The first-order chi connectivity index (χ1) is 7.57. The molecule has 2 rings (SSSR count). The van der Waals surface area contributed by atoms with Crippen molar-refractivity contribution in [3.8, 4) is 0 Å². The van der Waals surface area contributed by atoms with E-state index in [1.807, 2.05) is 0 Å². The summed E-state index contributed by atoms with van der Waals surface area (Å²) in [6, 6.07) is 3.39. The Balaban J connectivity index is 2.08. The third-order valence-corrected chi connectivity index (χ3v) is 4.69. The molecule has 1 aliphatic heterocycles. The van der Waals surface area contributed by atoms with Crippen LogP contribution in [0.5, 0.6) is 0 Å². The van der Waals surface area contributed by atoms with E-state index in [0.717, 1.165) is 6.42 Å². The van der Waals surface area contributed by atoms with Gasteiger partial charge in [0.05, 0.1) is 16.5 Å².